The van der Waals surface area contributed by atoms with Crippen LogP contribution in [-0.2, 0) is 17.7 Å². The van der Waals surface area contributed by atoms with Crippen LogP contribution < -0.4 is 10.6 Å². The Kier molecular flexibility index (Phi) is 5.71. The molecule has 6 nitrogen and oxygen atoms in total. The molecule has 134 valence electrons. The van der Waals surface area contributed by atoms with Crippen molar-refractivity contribution in [3.63, 3.8) is 0 Å². The molecule has 0 bridgehead atoms. The van der Waals surface area contributed by atoms with Crippen molar-refractivity contribution >= 4 is 6.03 Å². The molecule has 1 aromatic carbocycles. The van der Waals surface area contributed by atoms with Crippen molar-refractivity contribution in [2.45, 2.75) is 44.8 Å². The zero-order chi connectivity index (χ0) is 17.6. The zero-order valence-corrected chi connectivity index (χ0v) is 14.9. The Balaban J connectivity index is 1.67. The number of nitrogens with zero attached hydrogens (tertiary/aromatic N) is 2. The molecule has 2 N–H and O–H groups in total. The van der Waals surface area contributed by atoms with Gasteiger partial charge in [0.2, 0.25) is 0 Å². The molecule has 0 saturated heterocycles. The number of ether oxygens (including phenoxy) is 1. The lowest BCUT2D eigenvalue weighted by molar-refractivity contribution is 0.170. The molecule has 1 aromatic heterocycles. The maximum absolute atomic E-state index is 12.2. The third kappa shape index (κ3) is 4.39. The first-order valence-corrected chi connectivity index (χ1v) is 8.82. The lowest BCUT2D eigenvalue weighted by Gasteiger charge is -2.25. The number of methoxy groups -OCH3 is 1. The van der Waals surface area contributed by atoms with E-state index in [1.807, 2.05) is 31.3 Å². The maximum Gasteiger partial charge on any atom is 0.315 e. The number of rotatable bonds is 6. The van der Waals surface area contributed by atoms with E-state index in [4.69, 9.17) is 4.74 Å². The highest BCUT2D eigenvalue weighted by Crippen LogP contribution is 2.29. The van der Waals surface area contributed by atoms with Gasteiger partial charge < -0.3 is 15.4 Å². The number of urea groups is 1. The minimum Gasteiger partial charge on any atom is -0.383 e. The van der Waals surface area contributed by atoms with Crippen molar-refractivity contribution in [2.75, 3.05) is 13.7 Å². The van der Waals surface area contributed by atoms with Gasteiger partial charge in [0.25, 0.3) is 0 Å². The van der Waals surface area contributed by atoms with Crippen LogP contribution in [0, 0.1) is 0 Å². The van der Waals surface area contributed by atoms with E-state index in [9.17, 15) is 4.79 Å². The fraction of sp³-hybridized carbons (Fsp3) is 0.474. The van der Waals surface area contributed by atoms with Gasteiger partial charge in [0.15, 0.2) is 0 Å². The molecule has 3 rings (SSSR count). The average Bonchev–Trinajstić information content (AvgIpc) is 3.00. The summed E-state index contributed by atoms with van der Waals surface area (Å²) in [5.74, 6) is 0. The number of benzene rings is 1. The van der Waals surface area contributed by atoms with Crippen molar-refractivity contribution < 1.29 is 9.53 Å². The number of hydrogen-bond donors (Lipinski definition) is 2. The van der Waals surface area contributed by atoms with Gasteiger partial charge >= 0.3 is 6.03 Å². The SMILES string of the molecule is COC[C@@H](C)NC(=O)N[C@H]1CCCc2c1cnn2Cc1ccccc1. The first-order valence-electron chi connectivity index (χ1n) is 8.82. The Morgan fingerprint density at radius 1 is 1.40 bits per heavy atom. The molecule has 6 heteroatoms. The van der Waals surface area contributed by atoms with E-state index < -0.39 is 0 Å². The maximum atomic E-state index is 12.2. The summed E-state index contributed by atoms with van der Waals surface area (Å²) in [6.45, 7) is 3.19. The molecule has 0 saturated carbocycles. The second-order valence-corrected chi connectivity index (χ2v) is 6.61. The molecule has 0 radical (unpaired) electrons. The van der Waals surface area contributed by atoms with E-state index in [0.29, 0.717) is 6.61 Å². The van der Waals surface area contributed by atoms with Crippen LogP contribution in [0.1, 0.15) is 42.6 Å². The van der Waals surface area contributed by atoms with Crippen LogP contribution in [0.15, 0.2) is 36.5 Å². The number of nitrogens with one attached hydrogen (secondary N) is 2. The van der Waals surface area contributed by atoms with E-state index in [2.05, 4.69) is 32.5 Å². The number of amides is 2. The topological polar surface area (TPSA) is 68.2 Å². The lowest BCUT2D eigenvalue weighted by Crippen LogP contribution is -2.44. The summed E-state index contributed by atoms with van der Waals surface area (Å²) < 4.78 is 7.11. The van der Waals surface area contributed by atoms with Gasteiger partial charge in [0, 0.05) is 18.4 Å². The molecule has 2 atom stereocenters. The van der Waals surface area contributed by atoms with Gasteiger partial charge in [-0.15, -0.1) is 0 Å². The Hall–Kier alpha value is -2.34. The molecule has 2 aromatic rings. The summed E-state index contributed by atoms with van der Waals surface area (Å²) in [5, 5.41) is 10.6. The van der Waals surface area contributed by atoms with E-state index in [1.165, 1.54) is 11.3 Å². The van der Waals surface area contributed by atoms with E-state index in [1.54, 1.807) is 7.11 Å². The second kappa shape index (κ2) is 8.16. The minimum atomic E-state index is -0.154. The molecule has 0 aliphatic heterocycles. The highest BCUT2D eigenvalue weighted by atomic mass is 16.5. The molecule has 1 heterocycles. The molecular formula is C19H26N4O2. The van der Waals surface area contributed by atoms with Crippen LogP contribution in [0.4, 0.5) is 4.79 Å². The van der Waals surface area contributed by atoms with Crippen LogP contribution in [0.25, 0.3) is 0 Å². The molecule has 1 aliphatic carbocycles. The average molecular weight is 342 g/mol. The predicted molar refractivity (Wildman–Crippen MR) is 96.5 cm³/mol. The summed E-state index contributed by atoms with van der Waals surface area (Å²) in [6.07, 6.45) is 4.89. The first-order chi connectivity index (χ1) is 12.2. The van der Waals surface area contributed by atoms with Crippen LogP contribution in [-0.4, -0.2) is 35.6 Å². The van der Waals surface area contributed by atoms with Crippen molar-refractivity contribution in [3.8, 4) is 0 Å². The molecule has 0 unspecified atom stereocenters. The van der Waals surface area contributed by atoms with Crippen LogP contribution >= 0.6 is 0 Å². The summed E-state index contributed by atoms with van der Waals surface area (Å²) in [4.78, 5) is 12.2. The fourth-order valence-electron chi connectivity index (χ4n) is 3.38. The number of fused-ring (bicyclic) bond motifs is 1. The largest absolute Gasteiger partial charge is 0.383 e. The standard InChI is InChI=1S/C19H26N4O2/c1-14(13-25-2)21-19(24)22-17-9-6-10-18-16(17)11-20-23(18)12-15-7-4-3-5-8-15/h3-5,7-8,11,14,17H,6,9-10,12-13H2,1-2H3,(H2,21,22,24)/t14-,17+/m1/s1. The molecule has 0 fully saturated rings. The number of aromatic nitrogens is 2. The first kappa shape index (κ1) is 17.5. The Bertz CT molecular complexity index is 699. The normalized spacial score (nSPS) is 17.6. The van der Waals surface area contributed by atoms with Crippen molar-refractivity contribution in [1.82, 2.24) is 20.4 Å². The molecule has 25 heavy (non-hydrogen) atoms. The van der Waals surface area contributed by atoms with Gasteiger partial charge in [-0.2, -0.15) is 5.10 Å². The quantitative estimate of drug-likeness (QED) is 0.848. The van der Waals surface area contributed by atoms with Gasteiger partial charge in [-0.25, -0.2) is 4.79 Å². The summed E-state index contributed by atoms with van der Waals surface area (Å²) >= 11 is 0. The highest BCUT2D eigenvalue weighted by Gasteiger charge is 2.25. The van der Waals surface area contributed by atoms with Crippen LogP contribution in [0.5, 0.6) is 0 Å². The van der Waals surface area contributed by atoms with Crippen molar-refractivity contribution in [3.05, 3.63) is 53.3 Å². The molecular weight excluding hydrogens is 316 g/mol. The summed E-state index contributed by atoms with van der Waals surface area (Å²) in [7, 11) is 1.63. The number of carbonyl (C=O) groups is 1. The van der Waals surface area contributed by atoms with Crippen molar-refractivity contribution in [1.29, 1.82) is 0 Å². The number of carbonyl (C=O) groups excluding carboxylic acids is 1. The van der Waals surface area contributed by atoms with Crippen molar-refractivity contribution in [2.24, 2.45) is 0 Å². The summed E-state index contributed by atoms with van der Waals surface area (Å²) in [6, 6.07) is 10.2. The van der Waals surface area contributed by atoms with Gasteiger partial charge in [-0.1, -0.05) is 30.3 Å². The summed E-state index contributed by atoms with van der Waals surface area (Å²) in [5.41, 5.74) is 3.59. The minimum absolute atomic E-state index is 0.0167. The number of hydrogen-bond acceptors (Lipinski definition) is 3. The van der Waals surface area contributed by atoms with E-state index >= 15 is 0 Å². The predicted octanol–water partition coefficient (Wildman–Crippen LogP) is 2.64. The molecule has 1 aliphatic rings. The van der Waals surface area contributed by atoms with Crippen LogP contribution in [0.3, 0.4) is 0 Å². The van der Waals surface area contributed by atoms with Gasteiger partial charge in [-0.05, 0) is 31.7 Å². The highest BCUT2D eigenvalue weighted by molar-refractivity contribution is 5.74. The third-order valence-electron chi connectivity index (χ3n) is 4.54. The molecule has 2 amide bonds. The van der Waals surface area contributed by atoms with Gasteiger partial charge in [0.05, 0.1) is 31.4 Å². The van der Waals surface area contributed by atoms with E-state index in [-0.39, 0.29) is 18.1 Å². The zero-order valence-electron chi connectivity index (χ0n) is 14.9. The lowest BCUT2D eigenvalue weighted by atomic mass is 9.93. The monoisotopic (exact) mass is 342 g/mol. The Labute approximate surface area is 148 Å². The third-order valence-corrected chi connectivity index (χ3v) is 4.54. The fourth-order valence-corrected chi connectivity index (χ4v) is 3.38. The Morgan fingerprint density at radius 2 is 2.20 bits per heavy atom. The second-order valence-electron chi connectivity index (χ2n) is 6.61. The van der Waals surface area contributed by atoms with Gasteiger partial charge in [0.1, 0.15) is 0 Å². The van der Waals surface area contributed by atoms with Crippen LogP contribution in [0.2, 0.25) is 0 Å². The molecule has 0 spiro atoms. The van der Waals surface area contributed by atoms with E-state index in [0.717, 1.165) is 31.4 Å². The Morgan fingerprint density at radius 3 is 2.96 bits per heavy atom. The van der Waals surface area contributed by atoms with Gasteiger partial charge in [-0.3, -0.25) is 4.68 Å². The smallest absolute Gasteiger partial charge is 0.315 e.